The maximum atomic E-state index is 4.79. The summed E-state index contributed by atoms with van der Waals surface area (Å²) >= 11 is 1.84. The Morgan fingerprint density at radius 1 is 1.47 bits per heavy atom. The van der Waals surface area contributed by atoms with E-state index in [0.29, 0.717) is 12.1 Å². The molecule has 0 saturated carbocycles. The van der Waals surface area contributed by atoms with Gasteiger partial charge in [0.15, 0.2) is 0 Å². The molecule has 1 aromatic heterocycles. The average Bonchev–Trinajstić information content (AvgIpc) is 2.99. The van der Waals surface area contributed by atoms with Crippen LogP contribution >= 0.6 is 11.3 Å². The smallest absolute Gasteiger partial charge is 0.0931 e. The molecular weight excluding hydrogens is 254 g/mol. The summed E-state index contributed by atoms with van der Waals surface area (Å²) in [4.78, 5) is 7.38. The second-order valence-corrected chi connectivity index (χ2v) is 7.02. The van der Waals surface area contributed by atoms with E-state index in [4.69, 9.17) is 4.98 Å². The van der Waals surface area contributed by atoms with E-state index in [0.717, 1.165) is 12.3 Å². The predicted molar refractivity (Wildman–Crippen MR) is 82.9 cm³/mol. The van der Waals surface area contributed by atoms with Crippen LogP contribution in [0.1, 0.15) is 37.9 Å². The molecule has 1 saturated heterocycles. The molecule has 2 rings (SSSR count). The summed E-state index contributed by atoms with van der Waals surface area (Å²) in [6.07, 6.45) is 3.54. The fourth-order valence-corrected chi connectivity index (χ4v) is 3.62. The van der Waals surface area contributed by atoms with Crippen molar-refractivity contribution in [1.29, 1.82) is 0 Å². The SMILES string of the molecule is CNC(C)Cc1csc(CC2CCN(C(C)C)C2)n1. The summed E-state index contributed by atoms with van der Waals surface area (Å²) in [6, 6.07) is 1.20. The van der Waals surface area contributed by atoms with Crippen molar-refractivity contribution in [3.05, 3.63) is 16.1 Å². The molecular formula is C15H27N3S. The zero-order valence-corrected chi connectivity index (χ0v) is 13.5. The van der Waals surface area contributed by atoms with E-state index in [1.165, 1.54) is 36.6 Å². The molecule has 1 aliphatic rings. The van der Waals surface area contributed by atoms with E-state index >= 15 is 0 Å². The second-order valence-electron chi connectivity index (χ2n) is 6.07. The second kappa shape index (κ2) is 6.82. The largest absolute Gasteiger partial charge is 0.317 e. The number of nitrogens with one attached hydrogen (secondary N) is 1. The first-order valence-electron chi connectivity index (χ1n) is 7.43. The summed E-state index contributed by atoms with van der Waals surface area (Å²) in [5.41, 5.74) is 1.25. The van der Waals surface area contributed by atoms with Crippen molar-refractivity contribution in [3.8, 4) is 0 Å². The molecule has 1 fully saturated rings. The van der Waals surface area contributed by atoms with Crippen LogP contribution in [0.3, 0.4) is 0 Å². The van der Waals surface area contributed by atoms with Crippen LogP contribution in [0, 0.1) is 5.92 Å². The van der Waals surface area contributed by atoms with Gasteiger partial charge < -0.3 is 10.2 Å². The number of hydrogen-bond donors (Lipinski definition) is 1. The van der Waals surface area contributed by atoms with Crippen LogP contribution in [-0.2, 0) is 12.8 Å². The minimum atomic E-state index is 0.512. The van der Waals surface area contributed by atoms with Crippen molar-refractivity contribution in [2.75, 3.05) is 20.1 Å². The molecule has 2 heterocycles. The van der Waals surface area contributed by atoms with Gasteiger partial charge >= 0.3 is 0 Å². The van der Waals surface area contributed by atoms with Gasteiger partial charge in [-0.3, -0.25) is 0 Å². The summed E-state index contributed by atoms with van der Waals surface area (Å²) < 4.78 is 0. The Morgan fingerprint density at radius 3 is 2.89 bits per heavy atom. The molecule has 1 aliphatic heterocycles. The number of likely N-dealkylation sites (tertiary alicyclic amines) is 1. The topological polar surface area (TPSA) is 28.2 Å². The van der Waals surface area contributed by atoms with E-state index in [1.807, 2.05) is 18.4 Å². The van der Waals surface area contributed by atoms with Gasteiger partial charge in [-0.2, -0.15) is 0 Å². The van der Waals surface area contributed by atoms with Crippen molar-refractivity contribution < 1.29 is 0 Å². The number of rotatable bonds is 6. The number of hydrogen-bond acceptors (Lipinski definition) is 4. The first kappa shape index (κ1) is 14.9. The highest BCUT2D eigenvalue weighted by Crippen LogP contribution is 2.24. The minimum Gasteiger partial charge on any atom is -0.317 e. The third kappa shape index (κ3) is 4.26. The Morgan fingerprint density at radius 2 is 2.26 bits per heavy atom. The van der Waals surface area contributed by atoms with Gasteiger partial charge in [-0.15, -0.1) is 11.3 Å². The molecule has 0 amide bonds. The molecule has 4 heteroatoms. The van der Waals surface area contributed by atoms with E-state index in [9.17, 15) is 0 Å². The number of likely N-dealkylation sites (N-methyl/N-ethyl adjacent to an activating group) is 1. The molecule has 0 spiro atoms. The molecule has 1 N–H and O–H groups in total. The van der Waals surface area contributed by atoms with Gasteiger partial charge in [0.2, 0.25) is 0 Å². The molecule has 3 nitrogen and oxygen atoms in total. The summed E-state index contributed by atoms with van der Waals surface area (Å²) in [6.45, 7) is 9.30. The average molecular weight is 281 g/mol. The van der Waals surface area contributed by atoms with Gasteiger partial charge in [-0.05, 0) is 46.7 Å². The van der Waals surface area contributed by atoms with Crippen molar-refractivity contribution in [2.45, 2.75) is 52.1 Å². The Hall–Kier alpha value is -0.450. The normalized spacial score (nSPS) is 22.3. The summed E-state index contributed by atoms with van der Waals surface area (Å²) in [5.74, 6) is 0.808. The van der Waals surface area contributed by atoms with Crippen molar-refractivity contribution in [1.82, 2.24) is 15.2 Å². The van der Waals surface area contributed by atoms with E-state index in [2.05, 4.69) is 36.4 Å². The minimum absolute atomic E-state index is 0.512. The van der Waals surface area contributed by atoms with Crippen molar-refractivity contribution in [2.24, 2.45) is 5.92 Å². The van der Waals surface area contributed by atoms with Crippen LogP contribution in [0.15, 0.2) is 5.38 Å². The quantitative estimate of drug-likeness (QED) is 0.868. The van der Waals surface area contributed by atoms with Gasteiger partial charge in [0.1, 0.15) is 0 Å². The monoisotopic (exact) mass is 281 g/mol. The van der Waals surface area contributed by atoms with Crippen LogP contribution in [0.5, 0.6) is 0 Å². The Bertz CT molecular complexity index is 388. The van der Waals surface area contributed by atoms with Gasteiger partial charge in [-0.1, -0.05) is 0 Å². The zero-order chi connectivity index (χ0) is 13.8. The number of nitrogens with zero attached hydrogens (tertiary/aromatic N) is 2. The molecule has 19 heavy (non-hydrogen) atoms. The van der Waals surface area contributed by atoms with Gasteiger partial charge in [0.25, 0.3) is 0 Å². The van der Waals surface area contributed by atoms with Gasteiger partial charge in [0.05, 0.1) is 10.7 Å². The molecule has 2 unspecified atom stereocenters. The van der Waals surface area contributed by atoms with Crippen LogP contribution in [-0.4, -0.2) is 42.1 Å². The lowest BCUT2D eigenvalue weighted by molar-refractivity contribution is 0.265. The van der Waals surface area contributed by atoms with Gasteiger partial charge in [0, 0.05) is 36.9 Å². The van der Waals surface area contributed by atoms with Crippen molar-refractivity contribution >= 4 is 11.3 Å². The van der Waals surface area contributed by atoms with E-state index in [-0.39, 0.29) is 0 Å². The summed E-state index contributed by atoms with van der Waals surface area (Å²) in [7, 11) is 2.01. The highest BCUT2D eigenvalue weighted by molar-refractivity contribution is 7.09. The molecule has 0 aliphatic carbocycles. The highest BCUT2D eigenvalue weighted by Gasteiger charge is 2.25. The molecule has 2 atom stereocenters. The van der Waals surface area contributed by atoms with Crippen LogP contribution < -0.4 is 5.32 Å². The molecule has 0 bridgehead atoms. The summed E-state index contributed by atoms with van der Waals surface area (Å²) in [5, 5.41) is 6.83. The Labute approximate surface area is 121 Å². The van der Waals surface area contributed by atoms with Crippen LogP contribution in [0.25, 0.3) is 0 Å². The maximum absolute atomic E-state index is 4.79. The van der Waals surface area contributed by atoms with E-state index in [1.54, 1.807) is 0 Å². The number of thiazole rings is 1. The first-order valence-corrected chi connectivity index (χ1v) is 8.31. The lowest BCUT2D eigenvalue weighted by Crippen LogP contribution is -2.28. The van der Waals surface area contributed by atoms with Crippen LogP contribution in [0.4, 0.5) is 0 Å². The highest BCUT2D eigenvalue weighted by atomic mass is 32.1. The number of aromatic nitrogens is 1. The molecule has 108 valence electrons. The third-order valence-electron chi connectivity index (χ3n) is 4.12. The van der Waals surface area contributed by atoms with Crippen molar-refractivity contribution in [3.63, 3.8) is 0 Å². The van der Waals surface area contributed by atoms with Crippen LogP contribution in [0.2, 0.25) is 0 Å². The fourth-order valence-electron chi connectivity index (χ4n) is 2.70. The molecule has 1 aromatic rings. The lowest BCUT2D eigenvalue weighted by atomic mass is 10.1. The molecule has 0 radical (unpaired) electrons. The standard InChI is InChI=1S/C15H27N3S/c1-11(2)18-6-5-13(9-18)8-15-17-14(10-19-15)7-12(3)16-4/h10-13,16H,5-9H2,1-4H3. The predicted octanol–water partition coefficient (Wildman–Crippen LogP) is 2.57. The first-order chi connectivity index (χ1) is 9.08. The van der Waals surface area contributed by atoms with Gasteiger partial charge in [-0.25, -0.2) is 4.98 Å². The Balaban J connectivity index is 1.84. The lowest BCUT2D eigenvalue weighted by Gasteiger charge is -2.19. The third-order valence-corrected chi connectivity index (χ3v) is 5.04. The maximum Gasteiger partial charge on any atom is 0.0931 e. The molecule has 0 aromatic carbocycles. The zero-order valence-electron chi connectivity index (χ0n) is 12.6. The Kier molecular flexibility index (Phi) is 5.37. The van der Waals surface area contributed by atoms with E-state index < -0.39 is 0 Å². The fraction of sp³-hybridized carbons (Fsp3) is 0.800.